The van der Waals surface area contributed by atoms with Crippen LogP contribution in [0.3, 0.4) is 0 Å². The highest BCUT2D eigenvalue weighted by atomic mass is 19.1. The summed E-state index contributed by atoms with van der Waals surface area (Å²) in [6.45, 7) is 2.77. The zero-order valence-electron chi connectivity index (χ0n) is 11.0. The second-order valence-corrected chi connectivity index (χ2v) is 6.06. The standard InChI is InChI=1S/C15H18FNO2/c1-14(19)8-9-17(10-14)13(18)15(6-7-15)11-2-4-12(16)5-3-11/h2-5,19H,6-10H2,1H3. The number of carbonyl (C=O) groups is 1. The van der Waals surface area contributed by atoms with E-state index in [0.717, 1.165) is 18.4 Å². The van der Waals surface area contributed by atoms with Crippen LogP contribution in [0.1, 0.15) is 31.7 Å². The van der Waals surface area contributed by atoms with Crippen LogP contribution in [0.4, 0.5) is 4.39 Å². The molecule has 0 spiro atoms. The lowest BCUT2D eigenvalue weighted by Crippen LogP contribution is -2.40. The van der Waals surface area contributed by atoms with Gasteiger partial charge in [0.2, 0.25) is 5.91 Å². The molecule has 1 atom stereocenters. The van der Waals surface area contributed by atoms with Gasteiger partial charge in [-0.3, -0.25) is 4.79 Å². The normalized spacial score (nSPS) is 28.5. The molecule has 19 heavy (non-hydrogen) atoms. The molecule has 1 saturated heterocycles. The predicted molar refractivity (Wildman–Crippen MR) is 69.1 cm³/mol. The van der Waals surface area contributed by atoms with E-state index in [4.69, 9.17) is 0 Å². The summed E-state index contributed by atoms with van der Waals surface area (Å²) in [7, 11) is 0. The summed E-state index contributed by atoms with van der Waals surface area (Å²) in [4.78, 5) is 14.4. The minimum absolute atomic E-state index is 0.0804. The molecule has 1 saturated carbocycles. The molecule has 1 unspecified atom stereocenters. The largest absolute Gasteiger partial charge is 0.388 e. The maximum Gasteiger partial charge on any atom is 0.233 e. The number of nitrogens with zero attached hydrogens (tertiary/aromatic N) is 1. The second kappa shape index (κ2) is 4.04. The lowest BCUT2D eigenvalue weighted by molar-refractivity contribution is -0.133. The molecular formula is C15H18FNO2. The van der Waals surface area contributed by atoms with Crippen molar-refractivity contribution >= 4 is 5.91 Å². The Labute approximate surface area is 112 Å². The van der Waals surface area contributed by atoms with Crippen LogP contribution in [-0.4, -0.2) is 34.6 Å². The van der Waals surface area contributed by atoms with Crippen LogP contribution in [0.15, 0.2) is 24.3 Å². The van der Waals surface area contributed by atoms with Crippen molar-refractivity contribution < 1.29 is 14.3 Å². The first kappa shape index (κ1) is 12.6. The summed E-state index contributed by atoms with van der Waals surface area (Å²) in [6, 6.07) is 6.22. The van der Waals surface area contributed by atoms with Crippen molar-refractivity contribution in [1.82, 2.24) is 4.90 Å². The third-order valence-electron chi connectivity index (χ3n) is 4.30. The van der Waals surface area contributed by atoms with E-state index in [2.05, 4.69) is 0 Å². The predicted octanol–water partition coefficient (Wildman–Crippen LogP) is 1.84. The zero-order valence-corrected chi connectivity index (χ0v) is 11.0. The lowest BCUT2D eigenvalue weighted by atomic mass is 9.94. The van der Waals surface area contributed by atoms with Crippen LogP contribution in [0.2, 0.25) is 0 Å². The van der Waals surface area contributed by atoms with Gasteiger partial charge in [0.15, 0.2) is 0 Å². The first-order valence-corrected chi connectivity index (χ1v) is 6.71. The van der Waals surface area contributed by atoms with E-state index in [1.165, 1.54) is 12.1 Å². The van der Waals surface area contributed by atoms with Crippen molar-refractivity contribution in [2.45, 2.75) is 37.2 Å². The van der Waals surface area contributed by atoms with Gasteiger partial charge in [-0.15, -0.1) is 0 Å². The molecule has 0 aromatic heterocycles. The summed E-state index contributed by atoms with van der Waals surface area (Å²) >= 11 is 0. The van der Waals surface area contributed by atoms with E-state index in [9.17, 15) is 14.3 Å². The summed E-state index contributed by atoms with van der Waals surface area (Å²) in [5.74, 6) is -0.201. The number of likely N-dealkylation sites (tertiary alicyclic amines) is 1. The van der Waals surface area contributed by atoms with Gasteiger partial charge in [-0.25, -0.2) is 4.39 Å². The van der Waals surface area contributed by atoms with E-state index in [1.807, 2.05) is 0 Å². The van der Waals surface area contributed by atoms with Gasteiger partial charge in [0.1, 0.15) is 5.82 Å². The minimum Gasteiger partial charge on any atom is -0.388 e. The molecule has 1 N–H and O–H groups in total. The first-order chi connectivity index (χ1) is 8.93. The SMILES string of the molecule is CC1(O)CCN(C(=O)C2(c3ccc(F)cc3)CC2)C1. The fourth-order valence-electron chi connectivity index (χ4n) is 2.94. The van der Waals surface area contributed by atoms with Gasteiger partial charge < -0.3 is 10.0 Å². The molecule has 1 aromatic carbocycles. The molecule has 0 bridgehead atoms. The summed E-state index contributed by atoms with van der Waals surface area (Å²) in [6.07, 6.45) is 2.25. The molecule has 2 aliphatic rings. The number of β-amino-alcohol motifs (C(OH)–C–C–N with tert-alkyl or cyclic N) is 1. The van der Waals surface area contributed by atoms with E-state index < -0.39 is 11.0 Å². The Hall–Kier alpha value is -1.42. The summed E-state index contributed by atoms with van der Waals surface area (Å²) < 4.78 is 13.0. The average Bonchev–Trinajstić information content (AvgIpc) is 3.09. The van der Waals surface area contributed by atoms with Gasteiger partial charge in [-0.05, 0) is 43.9 Å². The lowest BCUT2D eigenvalue weighted by Gasteiger charge is -2.24. The monoisotopic (exact) mass is 263 g/mol. The Morgan fingerprint density at radius 3 is 2.37 bits per heavy atom. The van der Waals surface area contributed by atoms with Gasteiger partial charge in [-0.1, -0.05) is 12.1 Å². The first-order valence-electron chi connectivity index (χ1n) is 6.71. The Bertz CT molecular complexity index is 505. The van der Waals surface area contributed by atoms with Crippen LogP contribution in [-0.2, 0) is 10.2 Å². The van der Waals surface area contributed by atoms with Gasteiger partial charge in [-0.2, -0.15) is 0 Å². The topological polar surface area (TPSA) is 40.5 Å². The van der Waals surface area contributed by atoms with Crippen molar-refractivity contribution in [1.29, 1.82) is 0 Å². The van der Waals surface area contributed by atoms with Gasteiger partial charge in [0.25, 0.3) is 0 Å². The minimum atomic E-state index is -0.769. The molecule has 102 valence electrons. The molecule has 4 heteroatoms. The molecule has 1 amide bonds. The van der Waals surface area contributed by atoms with Crippen LogP contribution in [0.5, 0.6) is 0 Å². The molecule has 1 aromatic rings. The maximum atomic E-state index is 13.0. The molecule has 3 nitrogen and oxygen atoms in total. The van der Waals surface area contributed by atoms with Gasteiger partial charge in [0.05, 0.1) is 11.0 Å². The third kappa shape index (κ3) is 2.14. The molecule has 3 rings (SSSR count). The zero-order chi connectivity index (χ0) is 13.7. The Morgan fingerprint density at radius 2 is 1.89 bits per heavy atom. The smallest absolute Gasteiger partial charge is 0.233 e. The second-order valence-electron chi connectivity index (χ2n) is 6.06. The van der Waals surface area contributed by atoms with Crippen LogP contribution in [0.25, 0.3) is 0 Å². The molecule has 1 aliphatic heterocycles. The number of aliphatic hydroxyl groups is 1. The van der Waals surface area contributed by atoms with Crippen LogP contribution < -0.4 is 0 Å². The van der Waals surface area contributed by atoms with Crippen molar-refractivity contribution in [3.05, 3.63) is 35.6 Å². The molecule has 1 heterocycles. The van der Waals surface area contributed by atoms with E-state index in [0.29, 0.717) is 19.5 Å². The number of carbonyl (C=O) groups excluding carboxylic acids is 1. The fourth-order valence-corrected chi connectivity index (χ4v) is 2.94. The van der Waals surface area contributed by atoms with Gasteiger partial charge >= 0.3 is 0 Å². The van der Waals surface area contributed by atoms with Crippen molar-refractivity contribution in [2.75, 3.05) is 13.1 Å². The van der Waals surface area contributed by atoms with Crippen molar-refractivity contribution in [2.24, 2.45) is 0 Å². The molecule has 0 radical (unpaired) electrons. The average molecular weight is 263 g/mol. The number of benzene rings is 1. The van der Waals surface area contributed by atoms with Gasteiger partial charge in [0, 0.05) is 13.1 Å². The van der Waals surface area contributed by atoms with E-state index in [-0.39, 0.29) is 11.7 Å². The molecular weight excluding hydrogens is 245 g/mol. The quantitative estimate of drug-likeness (QED) is 0.884. The Morgan fingerprint density at radius 1 is 1.26 bits per heavy atom. The summed E-state index contributed by atoms with van der Waals surface area (Å²) in [5, 5.41) is 9.96. The fraction of sp³-hybridized carbons (Fsp3) is 0.533. The van der Waals surface area contributed by atoms with Crippen LogP contribution in [0, 0.1) is 5.82 Å². The highest BCUT2D eigenvalue weighted by Gasteiger charge is 2.54. The Balaban J connectivity index is 1.82. The van der Waals surface area contributed by atoms with Crippen molar-refractivity contribution in [3.8, 4) is 0 Å². The van der Waals surface area contributed by atoms with E-state index in [1.54, 1.807) is 24.0 Å². The number of halogens is 1. The number of rotatable bonds is 2. The maximum absolute atomic E-state index is 13.0. The number of hydrogen-bond acceptors (Lipinski definition) is 2. The van der Waals surface area contributed by atoms with Crippen molar-refractivity contribution in [3.63, 3.8) is 0 Å². The third-order valence-corrected chi connectivity index (χ3v) is 4.30. The number of hydrogen-bond donors (Lipinski definition) is 1. The summed E-state index contributed by atoms with van der Waals surface area (Å²) in [5.41, 5.74) is -0.340. The molecule has 2 fully saturated rings. The number of amides is 1. The Kier molecular flexibility index (Phi) is 2.68. The van der Waals surface area contributed by atoms with Crippen LogP contribution >= 0.6 is 0 Å². The highest BCUT2D eigenvalue weighted by Crippen LogP contribution is 2.50. The van der Waals surface area contributed by atoms with E-state index >= 15 is 0 Å². The molecule has 1 aliphatic carbocycles. The highest BCUT2D eigenvalue weighted by molar-refractivity contribution is 5.91.